The molecule has 5 nitrogen and oxygen atoms in total. The van der Waals surface area contributed by atoms with Gasteiger partial charge < -0.3 is 24.9 Å². The van der Waals surface area contributed by atoms with Gasteiger partial charge in [-0.15, -0.1) is 0 Å². The van der Waals surface area contributed by atoms with Gasteiger partial charge in [0.1, 0.15) is 0 Å². The third-order valence-corrected chi connectivity index (χ3v) is 4.33. The normalized spacial score (nSPS) is 10.7. The van der Waals surface area contributed by atoms with Crippen LogP contribution in [0.3, 0.4) is 0 Å². The molecule has 7 heteroatoms. The number of carbonyl (C=O) groups excluding carboxylic acids is 2. The van der Waals surface area contributed by atoms with Crippen LogP contribution in [0.4, 0.5) is 0 Å². The molecule has 156 valence electrons. The summed E-state index contributed by atoms with van der Waals surface area (Å²) >= 11 is 0. The zero-order valence-electron chi connectivity index (χ0n) is 18.7. The summed E-state index contributed by atoms with van der Waals surface area (Å²) in [5.74, 6) is -2.34. The number of aliphatic hydroxyl groups excluding tert-OH is 1. The number of carboxylic acids is 2. The molecule has 0 rings (SSSR count). The summed E-state index contributed by atoms with van der Waals surface area (Å²) in [7, 11) is 0. The molecule has 0 aromatic rings. The number of aliphatic carboxylic acids is 2. The van der Waals surface area contributed by atoms with Crippen molar-refractivity contribution in [2.24, 2.45) is 0 Å². The summed E-state index contributed by atoms with van der Waals surface area (Å²) in [6.45, 7) is 3.40. The van der Waals surface area contributed by atoms with Crippen LogP contribution in [0.2, 0.25) is 0 Å². The molecular formula is C21H40CaNaO5+. The predicted octanol–water partition coefficient (Wildman–Crippen LogP) is -0.262. The second-order valence-corrected chi connectivity index (χ2v) is 7.07. The topological polar surface area (TPSA) is 100 Å². The molecule has 0 aromatic heterocycles. The average molecular weight is 436 g/mol. The van der Waals surface area contributed by atoms with Crippen molar-refractivity contribution >= 4 is 49.7 Å². The van der Waals surface area contributed by atoms with E-state index in [0.29, 0.717) is 0 Å². The Balaban J connectivity index is -0.000000312. The second-order valence-electron chi connectivity index (χ2n) is 7.07. The van der Waals surface area contributed by atoms with Gasteiger partial charge in [-0.2, -0.15) is 0 Å². The molecular weight excluding hydrogens is 395 g/mol. The Hall–Kier alpha value is 1.16. The molecule has 0 fully saturated rings. The molecule has 0 spiro atoms. The fraction of sp³-hybridized carbons (Fsp3) is 0.905. The summed E-state index contributed by atoms with van der Waals surface area (Å²) in [5.41, 5.74) is 0. The van der Waals surface area contributed by atoms with Crippen molar-refractivity contribution in [1.82, 2.24) is 0 Å². The van der Waals surface area contributed by atoms with Crippen LogP contribution < -0.4 is 39.8 Å². The zero-order valence-corrected chi connectivity index (χ0v) is 22.9. The Morgan fingerprint density at radius 2 is 0.964 bits per heavy atom. The maximum absolute atomic E-state index is 10.2. The van der Waals surface area contributed by atoms with Crippen LogP contribution in [0.5, 0.6) is 0 Å². The minimum absolute atomic E-state index is 0. The van der Waals surface area contributed by atoms with Crippen molar-refractivity contribution in [1.29, 1.82) is 0 Å². The maximum Gasteiger partial charge on any atom is 2.00 e. The van der Waals surface area contributed by atoms with Gasteiger partial charge in [0, 0.05) is 5.97 Å². The monoisotopic (exact) mass is 435 g/mol. The minimum atomic E-state index is -1.44. The van der Waals surface area contributed by atoms with Crippen molar-refractivity contribution in [2.75, 3.05) is 0 Å². The molecule has 0 aliphatic heterocycles. The SMILES string of the molecule is CC(O)C(=O)[O-].CCCCCCCCCCCCCCCCCC(=O)[O-].[Ca+2].[Na+]. The van der Waals surface area contributed by atoms with Gasteiger partial charge in [0.05, 0.1) is 12.1 Å². The number of carbonyl (C=O) groups is 2. The minimum Gasteiger partial charge on any atom is -0.550 e. The van der Waals surface area contributed by atoms with Crippen molar-refractivity contribution in [3.63, 3.8) is 0 Å². The predicted molar refractivity (Wildman–Crippen MR) is 107 cm³/mol. The number of hydrogen-bond donors (Lipinski definition) is 1. The van der Waals surface area contributed by atoms with E-state index in [9.17, 15) is 19.8 Å². The Morgan fingerprint density at radius 3 is 1.18 bits per heavy atom. The fourth-order valence-electron chi connectivity index (χ4n) is 2.64. The van der Waals surface area contributed by atoms with Gasteiger partial charge in [0.25, 0.3) is 0 Å². The van der Waals surface area contributed by atoms with Gasteiger partial charge in [-0.1, -0.05) is 96.8 Å². The fourth-order valence-corrected chi connectivity index (χ4v) is 2.64. The standard InChI is InChI=1S/C18H36O2.C3H6O3.Ca.Na/c1-2-3-4-5-6-7-8-9-10-11-12-13-14-15-16-17-18(19)20;1-2(4)3(5)6;;/h2-17H2,1H3,(H,19,20);2,4H,1H3,(H,5,6);;/q;;+2;+1/p-2. The Bertz CT molecular complexity index is 328. The number of hydrogen-bond acceptors (Lipinski definition) is 5. The second kappa shape index (κ2) is 30.4. The molecule has 1 unspecified atom stereocenters. The van der Waals surface area contributed by atoms with Crippen LogP contribution in [-0.4, -0.2) is 60.9 Å². The summed E-state index contributed by atoms with van der Waals surface area (Å²) in [4.78, 5) is 19.6. The molecule has 0 bridgehead atoms. The van der Waals surface area contributed by atoms with Gasteiger partial charge in [-0.05, 0) is 19.8 Å². The van der Waals surface area contributed by atoms with Crippen molar-refractivity contribution in [3.8, 4) is 0 Å². The van der Waals surface area contributed by atoms with Crippen molar-refractivity contribution in [3.05, 3.63) is 0 Å². The van der Waals surface area contributed by atoms with E-state index in [1.807, 2.05) is 0 Å². The third kappa shape index (κ3) is 37.8. The summed E-state index contributed by atoms with van der Waals surface area (Å²) in [5, 5.41) is 27.5. The molecule has 0 saturated carbocycles. The summed E-state index contributed by atoms with van der Waals surface area (Å²) in [6.07, 6.45) is 18.5. The first-order chi connectivity index (χ1) is 12.4. The van der Waals surface area contributed by atoms with Crippen LogP contribution in [0.15, 0.2) is 0 Å². The van der Waals surface area contributed by atoms with Crippen LogP contribution in [0.25, 0.3) is 0 Å². The Kier molecular flexibility index (Phi) is 39.6. The van der Waals surface area contributed by atoms with E-state index in [1.165, 1.54) is 83.5 Å². The van der Waals surface area contributed by atoms with Gasteiger partial charge in [-0.25, -0.2) is 0 Å². The van der Waals surface area contributed by atoms with Gasteiger partial charge in [-0.3, -0.25) is 0 Å². The summed E-state index contributed by atoms with van der Waals surface area (Å²) < 4.78 is 0. The van der Waals surface area contributed by atoms with E-state index in [0.717, 1.165) is 19.8 Å². The Labute approximate surface area is 224 Å². The first-order valence-electron chi connectivity index (χ1n) is 10.5. The molecule has 1 N–H and O–H groups in total. The van der Waals surface area contributed by atoms with Crippen LogP contribution in [-0.2, 0) is 9.59 Å². The molecule has 0 aliphatic rings. The quantitative estimate of drug-likeness (QED) is 0.251. The number of unbranched alkanes of at least 4 members (excludes halogenated alkanes) is 14. The van der Waals surface area contributed by atoms with Crippen molar-refractivity contribution < 1.29 is 54.5 Å². The molecule has 28 heavy (non-hydrogen) atoms. The molecule has 0 aliphatic carbocycles. The largest absolute Gasteiger partial charge is 2.00 e. The van der Waals surface area contributed by atoms with Gasteiger partial charge in [0.2, 0.25) is 0 Å². The number of rotatable bonds is 17. The van der Waals surface area contributed by atoms with E-state index in [1.54, 1.807) is 0 Å². The third-order valence-electron chi connectivity index (χ3n) is 4.33. The van der Waals surface area contributed by atoms with Crippen LogP contribution >= 0.6 is 0 Å². The molecule has 0 radical (unpaired) electrons. The van der Waals surface area contributed by atoms with E-state index in [-0.39, 0.29) is 73.7 Å². The molecule has 0 amide bonds. The maximum atomic E-state index is 10.2. The molecule has 0 heterocycles. The number of carboxylic acid groups (broad SMARTS) is 2. The first kappa shape index (κ1) is 36.5. The first-order valence-corrected chi connectivity index (χ1v) is 10.5. The zero-order chi connectivity index (χ0) is 20.0. The average Bonchev–Trinajstić information content (AvgIpc) is 2.58. The van der Waals surface area contributed by atoms with Gasteiger partial charge in [0.15, 0.2) is 0 Å². The van der Waals surface area contributed by atoms with E-state index >= 15 is 0 Å². The molecule has 1 atom stereocenters. The van der Waals surface area contributed by atoms with Crippen molar-refractivity contribution in [2.45, 2.75) is 123 Å². The summed E-state index contributed by atoms with van der Waals surface area (Å²) in [6, 6.07) is 0. The number of aliphatic hydroxyl groups is 1. The smallest absolute Gasteiger partial charge is 0.550 e. The van der Waals surface area contributed by atoms with E-state index < -0.39 is 18.0 Å². The molecule has 0 saturated heterocycles. The van der Waals surface area contributed by atoms with Gasteiger partial charge >= 0.3 is 67.3 Å². The van der Waals surface area contributed by atoms with Crippen LogP contribution in [0.1, 0.15) is 117 Å². The molecule has 0 aromatic carbocycles. The Morgan fingerprint density at radius 1 is 0.714 bits per heavy atom. The van der Waals surface area contributed by atoms with E-state index in [4.69, 9.17) is 5.11 Å². The van der Waals surface area contributed by atoms with Crippen LogP contribution in [0, 0.1) is 0 Å². The van der Waals surface area contributed by atoms with E-state index in [2.05, 4.69) is 6.92 Å².